The van der Waals surface area contributed by atoms with E-state index in [2.05, 4.69) is 11.8 Å². The molecular formula is C11H15N3O3. The highest BCUT2D eigenvalue weighted by Gasteiger charge is 2.21. The van der Waals surface area contributed by atoms with Gasteiger partial charge in [-0.05, 0) is 19.1 Å². The van der Waals surface area contributed by atoms with Gasteiger partial charge in [0.15, 0.2) is 0 Å². The number of nitro groups is 1. The molecule has 1 aromatic carbocycles. The molecule has 6 heteroatoms. The maximum Gasteiger partial charge on any atom is 0.292 e. The number of anilines is 2. The summed E-state index contributed by atoms with van der Waals surface area (Å²) in [6.45, 7) is 4.16. The maximum absolute atomic E-state index is 10.7. The van der Waals surface area contributed by atoms with Crippen LogP contribution in [0.25, 0.3) is 0 Å². The van der Waals surface area contributed by atoms with Gasteiger partial charge in [-0.25, -0.2) is 0 Å². The van der Waals surface area contributed by atoms with Crippen LogP contribution in [0.4, 0.5) is 17.1 Å². The summed E-state index contributed by atoms with van der Waals surface area (Å²) in [7, 11) is 0. The third-order valence-electron chi connectivity index (χ3n) is 2.91. The molecule has 2 N–H and O–H groups in total. The molecule has 0 aromatic heterocycles. The summed E-state index contributed by atoms with van der Waals surface area (Å²) in [5, 5.41) is 10.7. The molecule has 17 heavy (non-hydrogen) atoms. The van der Waals surface area contributed by atoms with Crippen molar-refractivity contribution < 1.29 is 9.66 Å². The van der Waals surface area contributed by atoms with Crippen LogP contribution in [0.5, 0.6) is 0 Å². The summed E-state index contributed by atoms with van der Waals surface area (Å²) < 4.78 is 5.34. The summed E-state index contributed by atoms with van der Waals surface area (Å²) >= 11 is 0. The molecule has 1 atom stereocenters. The predicted molar refractivity (Wildman–Crippen MR) is 65.1 cm³/mol. The highest BCUT2D eigenvalue weighted by atomic mass is 16.6. The van der Waals surface area contributed by atoms with Crippen molar-refractivity contribution in [1.82, 2.24) is 0 Å². The second-order valence-corrected chi connectivity index (χ2v) is 4.12. The van der Waals surface area contributed by atoms with Gasteiger partial charge < -0.3 is 15.4 Å². The molecule has 1 aliphatic heterocycles. The molecule has 0 aliphatic carbocycles. The molecule has 92 valence electrons. The zero-order chi connectivity index (χ0) is 12.4. The Kier molecular flexibility index (Phi) is 3.14. The van der Waals surface area contributed by atoms with E-state index in [-0.39, 0.29) is 17.4 Å². The Morgan fingerprint density at radius 2 is 2.35 bits per heavy atom. The van der Waals surface area contributed by atoms with Crippen LogP contribution in [0.15, 0.2) is 18.2 Å². The number of rotatable bonds is 2. The minimum Gasteiger partial charge on any atom is -0.393 e. The number of benzene rings is 1. The van der Waals surface area contributed by atoms with Gasteiger partial charge >= 0.3 is 0 Å². The highest BCUT2D eigenvalue weighted by Crippen LogP contribution is 2.28. The Hall–Kier alpha value is -1.82. The molecule has 0 amide bonds. The monoisotopic (exact) mass is 237 g/mol. The fraction of sp³-hybridized carbons (Fsp3) is 0.455. The lowest BCUT2D eigenvalue weighted by atomic mass is 10.2. The van der Waals surface area contributed by atoms with Crippen LogP contribution in [0.2, 0.25) is 0 Å². The van der Waals surface area contributed by atoms with Crippen molar-refractivity contribution in [2.24, 2.45) is 0 Å². The Morgan fingerprint density at radius 1 is 1.59 bits per heavy atom. The predicted octanol–water partition coefficient (Wildman–Crippen LogP) is 1.40. The molecule has 2 rings (SSSR count). The normalized spacial score (nSPS) is 20.3. The minimum absolute atomic E-state index is 0.0466. The second kappa shape index (κ2) is 4.58. The van der Waals surface area contributed by atoms with Crippen LogP contribution in [-0.2, 0) is 4.74 Å². The van der Waals surface area contributed by atoms with Crippen LogP contribution in [0.1, 0.15) is 6.92 Å². The van der Waals surface area contributed by atoms with Gasteiger partial charge in [0.25, 0.3) is 5.69 Å². The SMILES string of the molecule is C[C@H]1COCCN1c1ccc([N+](=O)[O-])c(N)c1. The van der Waals surface area contributed by atoms with Crippen molar-refractivity contribution in [3.8, 4) is 0 Å². The van der Waals surface area contributed by atoms with Crippen LogP contribution >= 0.6 is 0 Å². The van der Waals surface area contributed by atoms with Crippen molar-refractivity contribution in [2.75, 3.05) is 30.4 Å². The van der Waals surface area contributed by atoms with E-state index in [1.807, 2.05) is 0 Å². The Balaban J connectivity index is 2.27. The smallest absolute Gasteiger partial charge is 0.292 e. The number of nitrogen functional groups attached to an aromatic ring is 1. The lowest BCUT2D eigenvalue weighted by Gasteiger charge is -2.35. The van der Waals surface area contributed by atoms with Crippen molar-refractivity contribution in [3.05, 3.63) is 28.3 Å². The topological polar surface area (TPSA) is 81.6 Å². The lowest BCUT2D eigenvalue weighted by molar-refractivity contribution is -0.383. The first-order valence-corrected chi connectivity index (χ1v) is 5.48. The molecule has 1 fully saturated rings. The highest BCUT2D eigenvalue weighted by molar-refractivity contribution is 5.67. The summed E-state index contributed by atoms with van der Waals surface area (Å²) in [6, 6.07) is 5.09. The van der Waals surface area contributed by atoms with Gasteiger partial charge in [-0.15, -0.1) is 0 Å². The van der Waals surface area contributed by atoms with Crippen LogP contribution in [-0.4, -0.2) is 30.7 Å². The molecule has 1 aromatic rings. The Labute approximate surface area is 99.1 Å². The number of nitrogens with two attached hydrogens (primary N) is 1. The van der Waals surface area contributed by atoms with E-state index in [1.54, 1.807) is 12.1 Å². The van der Waals surface area contributed by atoms with E-state index < -0.39 is 4.92 Å². The zero-order valence-corrected chi connectivity index (χ0v) is 9.63. The van der Waals surface area contributed by atoms with E-state index in [4.69, 9.17) is 10.5 Å². The Bertz CT molecular complexity index is 436. The molecule has 1 heterocycles. The molecule has 0 bridgehead atoms. The summed E-state index contributed by atoms with van der Waals surface area (Å²) in [4.78, 5) is 12.3. The first-order valence-electron chi connectivity index (χ1n) is 5.48. The summed E-state index contributed by atoms with van der Waals surface area (Å²) in [5.41, 5.74) is 6.73. The molecule has 0 unspecified atom stereocenters. The molecule has 0 saturated carbocycles. The van der Waals surface area contributed by atoms with Crippen LogP contribution < -0.4 is 10.6 Å². The minimum atomic E-state index is -0.470. The largest absolute Gasteiger partial charge is 0.393 e. The number of nitro benzene ring substituents is 1. The summed E-state index contributed by atoms with van der Waals surface area (Å²) in [6.07, 6.45) is 0. The standard InChI is InChI=1S/C11H15N3O3/c1-8-7-17-5-4-13(8)9-2-3-11(14(15)16)10(12)6-9/h2-3,6,8H,4-5,7,12H2,1H3/t8-/m0/s1. The molecule has 6 nitrogen and oxygen atoms in total. The van der Waals surface area contributed by atoms with Crippen molar-refractivity contribution in [1.29, 1.82) is 0 Å². The van der Waals surface area contributed by atoms with Gasteiger partial charge in [-0.1, -0.05) is 0 Å². The maximum atomic E-state index is 10.7. The molecule has 1 saturated heterocycles. The van der Waals surface area contributed by atoms with E-state index in [0.29, 0.717) is 13.2 Å². The molecule has 0 spiro atoms. The zero-order valence-electron chi connectivity index (χ0n) is 9.63. The first kappa shape index (κ1) is 11.7. The molecule has 0 radical (unpaired) electrons. The summed E-state index contributed by atoms with van der Waals surface area (Å²) in [5.74, 6) is 0. The number of hydrogen-bond donors (Lipinski definition) is 1. The fourth-order valence-electron chi connectivity index (χ4n) is 2.00. The Morgan fingerprint density at radius 3 is 2.94 bits per heavy atom. The van der Waals surface area contributed by atoms with Crippen LogP contribution in [0.3, 0.4) is 0 Å². The second-order valence-electron chi connectivity index (χ2n) is 4.12. The number of morpholine rings is 1. The van der Waals surface area contributed by atoms with Gasteiger partial charge in [-0.3, -0.25) is 10.1 Å². The molecule has 1 aliphatic rings. The number of ether oxygens (including phenoxy) is 1. The number of hydrogen-bond acceptors (Lipinski definition) is 5. The third kappa shape index (κ3) is 2.31. The van der Waals surface area contributed by atoms with Gasteiger partial charge in [0.2, 0.25) is 0 Å². The van der Waals surface area contributed by atoms with E-state index >= 15 is 0 Å². The van der Waals surface area contributed by atoms with Gasteiger partial charge in [0.1, 0.15) is 5.69 Å². The van der Waals surface area contributed by atoms with Gasteiger partial charge in [0.05, 0.1) is 18.1 Å². The fourth-order valence-corrected chi connectivity index (χ4v) is 2.00. The van der Waals surface area contributed by atoms with Crippen LogP contribution in [0, 0.1) is 10.1 Å². The van der Waals surface area contributed by atoms with Gasteiger partial charge in [-0.2, -0.15) is 0 Å². The lowest BCUT2D eigenvalue weighted by Crippen LogP contribution is -2.43. The van der Waals surface area contributed by atoms with E-state index in [1.165, 1.54) is 6.07 Å². The number of nitrogens with zero attached hydrogens (tertiary/aromatic N) is 2. The average Bonchev–Trinajstić information content (AvgIpc) is 2.29. The van der Waals surface area contributed by atoms with Gasteiger partial charge in [0, 0.05) is 24.3 Å². The van der Waals surface area contributed by atoms with Crippen molar-refractivity contribution >= 4 is 17.1 Å². The third-order valence-corrected chi connectivity index (χ3v) is 2.91. The molecular weight excluding hydrogens is 222 g/mol. The van der Waals surface area contributed by atoms with Crippen molar-refractivity contribution in [3.63, 3.8) is 0 Å². The average molecular weight is 237 g/mol. The van der Waals surface area contributed by atoms with E-state index in [9.17, 15) is 10.1 Å². The quantitative estimate of drug-likeness (QED) is 0.477. The van der Waals surface area contributed by atoms with E-state index in [0.717, 1.165) is 12.2 Å². The first-order chi connectivity index (χ1) is 8.09. The van der Waals surface area contributed by atoms with Crippen molar-refractivity contribution in [2.45, 2.75) is 13.0 Å².